The van der Waals surface area contributed by atoms with E-state index in [9.17, 15) is 14.3 Å². The summed E-state index contributed by atoms with van der Waals surface area (Å²) in [6, 6.07) is 13.3. The molecule has 0 radical (unpaired) electrons. The van der Waals surface area contributed by atoms with Crippen molar-refractivity contribution in [3.8, 4) is 5.75 Å². The highest BCUT2D eigenvalue weighted by atomic mass is 19.1. The van der Waals surface area contributed by atoms with E-state index in [2.05, 4.69) is 5.32 Å². The predicted octanol–water partition coefficient (Wildman–Crippen LogP) is 4.55. The number of nitrogens with zero attached hydrogens (tertiary/aromatic N) is 1. The highest BCUT2D eigenvalue weighted by Crippen LogP contribution is 2.24. The largest absolute Gasteiger partial charge is 0.508 e. The topological polar surface area (TPSA) is 52.6 Å². The molecule has 132 valence electrons. The van der Waals surface area contributed by atoms with Gasteiger partial charge in [0.05, 0.1) is 5.69 Å². The first-order valence-electron chi connectivity index (χ1n) is 8.73. The van der Waals surface area contributed by atoms with Gasteiger partial charge in [0.2, 0.25) is 0 Å². The van der Waals surface area contributed by atoms with Crippen LogP contribution < -0.4 is 5.32 Å². The molecule has 0 aliphatic carbocycles. The number of nitrogens with one attached hydrogen (secondary N) is 1. The van der Waals surface area contributed by atoms with Crippen molar-refractivity contribution < 1.29 is 14.3 Å². The third-order valence-electron chi connectivity index (χ3n) is 4.68. The van der Waals surface area contributed by atoms with E-state index in [1.807, 2.05) is 17.0 Å². The number of amides is 2. The zero-order chi connectivity index (χ0) is 17.6. The number of phenols is 1. The lowest BCUT2D eigenvalue weighted by Crippen LogP contribution is -2.46. The first kappa shape index (κ1) is 17.3. The van der Waals surface area contributed by atoms with Gasteiger partial charge in [0.1, 0.15) is 11.6 Å². The molecule has 2 N–H and O–H groups in total. The number of rotatable bonds is 4. The molecule has 4 nitrogen and oxygen atoms in total. The number of urea groups is 1. The minimum Gasteiger partial charge on any atom is -0.508 e. The number of hydrogen-bond acceptors (Lipinski definition) is 2. The summed E-state index contributed by atoms with van der Waals surface area (Å²) in [5.41, 5.74) is 1.27. The lowest BCUT2D eigenvalue weighted by molar-refractivity contribution is 0.158. The summed E-state index contributed by atoms with van der Waals surface area (Å²) in [5, 5.41) is 12.3. The highest BCUT2D eigenvalue weighted by molar-refractivity contribution is 5.89. The molecule has 0 aromatic heterocycles. The summed E-state index contributed by atoms with van der Waals surface area (Å²) >= 11 is 0. The average molecular weight is 342 g/mol. The SMILES string of the molecule is O=C(Nc1ccccc1F)N1CCCC[C@@H]1CCc1cccc(O)c1. The number of aryl methyl sites for hydroxylation is 1. The van der Waals surface area contributed by atoms with E-state index in [-0.39, 0.29) is 23.5 Å². The van der Waals surface area contributed by atoms with E-state index in [0.717, 1.165) is 37.7 Å². The zero-order valence-electron chi connectivity index (χ0n) is 14.1. The molecule has 2 aromatic rings. The van der Waals surface area contributed by atoms with Crippen molar-refractivity contribution in [3.63, 3.8) is 0 Å². The van der Waals surface area contributed by atoms with Gasteiger partial charge >= 0.3 is 6.03 Å². The van der Waals surface area contributed by atoms with Crippen LogP contribution in [0.25, 0.3) is 0 Å². The molecule has 1 saturated heterocycles. The van der Waals surface area contributed by atoms with Gasteiger partial charge in [0.25, 0.3) is 0 Å². The Hall–Kier alpha value is -2.56. The number of halogens is 1. The summed E-state index contributed by atoms with van der Waals surface area (Å²) in [6.07, 6.45) is 4.63. The van der Waals surface area contributed by atoms with Crippen LogP contribution in [0.4, 0.5) is 14.9 Å². The molecule has 1 aliphatic heterocycles. The van der Waals surface area contributed by atoms with Crippen LogP contribution >= 0.6 is 0 Å². The fourth-order valence-electron chi connectivity index (χ4n) is 3.36. The van der Waals surface area contributed by atoms with Crippen molar-refractivity contribution in [3.05, 3.63) is 59.9 Å². The molecule has 1 fully saturated rings. The number of para-hydroxylation sites is 1. The number of phenolic OH excluding ortho intramolecular Hbond substituents is 1. The van der Waals surface area contributed by atoms with Gasteiger partial charge in [-0.2, -0.15) is 0 Å². The first-order chi connectivity index (χ1) is 12.1. The monoisotopic (exact) mass is 342 g/mol. The molecular formula is C20H23FN2O2. The fraction of sp³-hybridized carbons (Fsp3) is 0.350. The molecule has 0 saturated carbocycles. The van der Waals surface area contributed by atoms with Crippen LogP contribution in [0.1, 0.15) is 31.2 Å². The van der Waals surface area contributed by atoms with Crippen molar-refractivity contribution in [1.29, 1.82) is 0 Å². The number of likely N-dealkylation sites (tertiary alicyclic amines) is 1. The van der Waals surface area contributed by atoms with Crippen LogP contribution in [-0.4, -0.2) is 28.6 Å². The van der Waals surface area contributed by atoms with Crippen molar-refractivity contribution in [1.82, 2.24) is 4.90 Å². The molecule has 3 rings (SSSR count). The van der Waals surface area contributed by atoms with Gasteiger partial charge in [-0.3, -0.25) is 0 Å². The normalized spacial score (nSPS) is 17.3. The number of carbonyl (C=O) groups is 1. The Morgan fingerprint density at radius 1 is 1.20 bits per heavy atom. The van der Waals surface area contributed by atoms with Gasteiger partial charge in [0.15, 0.2) is 0 Å². The Labute approximate surface area is 147 Å². The Balaban J connectivity index is 1.64. The number of anilines is 1. The molecule has 2 amide bonds. The third kappa shape index (κ3) is 4.50. The van der Waals surface area contributed by atoms with Crippen molar-refractivity contribution >= 4 is 11.7 Å². The lowest BCUT2D eigenvalue weighted by Gasteiger charge is -2.36. The maximum absolute atomic E-state index is 13.8. The van der Waals surface area contributed by atoms with E-state index in [1.54, 1.807) is 30.3 Å². The van der Waals surface area contributed by atoms with Gasteiger partial charge in [-0.05, 0) is 61.9 Å². The number of piperidine rings is 1. The fourth-order valence-corrected chi connectivity index (χ4v) is 3.36. The first-order valence-corrected chi connectivity index (χ1v) is 8.73. The summed E-state index contributed by atoms with van der Waals surface area (Å²) in [6.45, 7) is 0.686. The van der Waals surface area contributed by atoms with Crippen LogP contribution in [0.15, 0.2) is 48.5 Å². The maximum atomic E-state index is 13.8. The Morgan fingerprint density at radius 3 is 2.84 bits per heavy atom. The van der Waals surface area contributed by atoms with Crippen LogP contribution in [0.5, 0.6) is 5.75 Å². The number of carbonyl (C=O) groups excluding carboxylic acids is 1. The molecule has 1 aliphatic rings. The van der Waals surface area contributed by atoms with Gasteiger partial charge in [0, 0.05) is 12.6 Å². The van der Waals surface area contributed by atoms with Gasteiger partial charge in [-0.1, -0.05) is 24.3 Å². The van der Waals surface area contributed by atoms with E-state index < -0.39 is 5.82 Å². The lowest BCUT2D eigenvalue weighted by atomic mass is 9.96. The highest BCUT2D eigenvalue weighted by Gasteiger charge is 2.26. The van der Waals surface area contributed by atoms with Gasteiger partial charge in [-0.25, -0.2) is 9.18 Å². The summed E-state index contributed by atoms with van der Waals surface area (Å²) in [7, 11) is 0. The van der Waals surface area contributed by atoms with Crippen LogP contribution in [0, 0.1) is 5.82 Å². The number of benzene rings is 2. The number of hydrogen-bond donors (Lipinski definition) is 2. The van der Waals surface area contributed by atoms with Crippen molar-refractivity contribution in [2.45, 2.75) is 38.1 Å². The molecular weight excluding hydrogens is 319 g/mol. The van der Waals surface area contributed by atoms with E-state index in [0.29, 0.717) is 6.54 Å². The van der Waals surface area contributed by atoms with Gasteiger partial charge in [-0.15, -0.1) is 0 Å². The quantitative estimate of drug-likeness (QED) is 0.856. The minimum absolute atomic E-state index is 0.128. The Bertz CT molecular complexity index is 735. The van der Waals surface area contributed by atoms with E-state index >= 15 is 0 Å². The second-order valence-electron chi connectivity index (χ2n) is 6.46. The molecule has 0 spiro atoms. The standard InChI is InChI=1S/C20H23FN2O2/c21-18-9-1-2-10-19(18)22-20(25)23-13-4-3-7-16(23)12-11-15-6-5-8-17(24)14-15/h1-2,5-6,8-10,14,16,24H,3-4,7,11-13H2,(H,22,25)/t16-/m1/s1. The Morgan fingerprint density at radius 2 is 2.04 bits per heavy atom. The van der Waals surface area contributed by atoms with Crippen LogP contribution in [0.2, 0.25) is 0 Å². The summed E-state index contributed by atoms with van der Waals surface area (Å²) in [4.78, 5) is 14.4. The molecule has 25 heavy (non-hydrogen) atoms. The van der Waals surface area contributed by atoms with Crippen molar-refractivity contribution in [2.75, 3.05) is 11.9 Å². The van der Waals surface area contributed by atoms with E-state index in [4.69, 9.17) is 0 Å². The van der Waals surface area contributed by atoms with Gasteiger partial charge < -0.3 is 15.3 Å². The third-order valence-corrected chi connectivity index (χ3v) is 4.68. The molecule has 1 atom stereocenters. The van der Waals surface area contributed by atoms with E-state index in [1.165, 1.54) is 6.07 Å². The Kier molecular flexibility index (Phi) is 5.53. The second-order valence-corrected chi connectivity index (χ2v) is 6.46. The molecule has 0 unspecified atom stereocenters. The second kappa shape index (κ2) is 8.01. The van der Waals surface area contributed by atoms with Crippen LogP contribution in [-0.2, 0) is 6.42 Å². The van der Waals surface area contributed by atoms with Crippen LogP contribution in [0.3, 0.4) is 0 Å². The average Bonchev–Trinajstić information content (AvgIpc) is 2.62. The minimum atomic E-state index is -0.427. The summed E-state index contributed by atoms with van der Waals surface area (Å²) in [5.74, 6) is -0.167. The zero-order valence-corrected chi connectivity index (χ0v) is 14.1. The maximum Gasteiger partial charge on any atom is 0.322 e. The molecule has 5 heteroatoms. The summed E-state index contributed by atoms with van der Waals surface area (Å²) < 4.78 is 13.8. The predicted molar refractivity (Wildman–Crippen MR) is 96.2 cm³/mol. The number of aromatic hydroxyl groups is 1. The molecule has 1 heterocycles. The molecule has 0 bridgehead atoms. The smallest absolute Gasteiger partial charge is 0.322 e. The van der Waals surface area contributed by atoms with Crippen molar-refractivity contribution in [2.24, 2.45) is 0 Å². The molecule has 2 aromatic carbocycles.